The molecular formula is C13H11ClN2S. The summed E-state index contributed by atoms with van der Waals surface area (Å²) in [5, 5.41) is 0.809. The summed E-state index contributed by atoms with van der Waals surface area (Å²) >= 11 is 7.77. The lowest BCUT2D eigenvalue weighted by atomic mass is 10.1. The first-order valence-corrected chi connectivity index (χ1v) is 6.55. The predicted octanol–water partition coefficient (Wildman–Crippen LogP) is 4.33. The highest BCUT2D eigenvalue weighted by Gasteiger charge is 2.11. The van der Waals surface area contributed by atoms with Crippen molar-refractivity contribution < 1.29 is 0 Å². The van der Waals surface area contributed by atoms with Gasteiger partial charge in [0.1, 0.15) is 0 Å². The van der Waals surface area contributed by atoms with Gasteiger partial charge in [0, 0.05) is 27.9 Å². The van der Waals surface area contributed by atoms with Gasteiger partial charge in [-0.1, -0.05) is 17.7 Å². The van der Waals surface area contributed by atoms with Crippen molar-refractivity contribution >= 4 is 27.9 Å². The molecule has 4 heteroatoms. The molecule has 3 rings (SSSR count). The van der Waals surface area contributed by atoms with Crippen LogP contribution in [0.1, 0.15) is 10.4 Å². The van der Waals surface area contributed by atoms with Crippen LogP contribution in [0.25, 0.3) is 16.2 Å². The fourth-order valence-electron chi connectivity index (χ4n) is 2.02. The number of aromatic nitrogens is 2. The summed E-state index contributed by atoms with van der Waals surface area (Å²) in [5.74, 6) is 0. The van der Waals surface area contributed by atoms with Gasteiger partial charge in [0.25, 0.3) is 0 Å². The number of thiazole rings is 1. The summed E-state index contributed by atoms with van der Waals surface area (Å²) in [5.41, 5.74) is 3.50. The molecule has 86 valence electrons. The van der Waals surface area contributed by atoms with E-state index in [-0.39, 0.29) is 0 Å². The van der Waals surface area contributed by atoms with E-state index in [0.29, 0.717) is 0 Å². The van der Waals surface area contributed by atoms with Crippen molar-refractivity contribution in [1.29, 1.82) is 0 Å². The van der Waals surface area contributed by atoms with Crippen molar-refractivity contribution in [1.82, 2.24) is 9.38 Å². The van der Waals surface area contributed by atoms with Gasteiger partial charge in [-0.3, -0.25) is 4.40 Å². The third-order valence-corrected chi connectivity index (χ3v) is 4.27. The van der Waals surface area contributed by atoms with E-state index in [9.17, 15) is 0 Å². The molecule has 0 saturated heterocycles. The SMILES string of the molecule is Cc1cc(-c2c(C)sc3nccn23)ccc1Cl. The van der Waals surface area contributed by atoms with Gasteiger partial charge in [0.15, 0.2) is 4.96 Å². The lowest BCUT2D eigenvalue weighted by molar-refractivity contribution is 1.22. The zero-order valence-corrected chi connectivity index (χ0v) is 11.1. The van der Waals surface area contributed by atoms with Gasteiger partial charge in [-0.25, -0.2) is 4.98 Å². The lowest BCUT2D eigenvalue weighted by Crippen LogP contribution is -1.87. The number of hydrogen-bond acceptors (Lipinski definition) is 2. The van der Waals surface area contributed by atoms with Gasteiger partial charge in [-0.2, -0.15) is 0 Å². The Morgan fingerprint density at radius 3 is 2.88 bits per heavy atom. The van der Waals surface area contributed by atoms with Crippen LogP contribution in [0, 0.1) is 13.8 Å². The van der Waals surface area contributed by atoms with Gasteiger partial charge in [0.05, 0.1) is 5.69 Å². The number of fused-ring (bicyclic) bond motifs is 1. The second-order valence-corrected chi connectivity index (χ2v) is 5.64. The number of hydrogen-bond donors (Lipinski definition) is 0. The van der Waals surface area contributed by atoms with Gasteiger partial charge in [-0.15, -0.1) is 11.3 Å². The summed E-state index contributed by atoms with van der Waals surface area (Å²) in [7, 11) is 0. The van der Waals surface area contributed by atoms with E-state index in [1.54, 1.807) is 11.3 Å². The van der Waals surface area contributed by atoms with Crippen LogP contribution in [-0.4, -0.2) is 9.38 Å². The van der Waals surface area contributed by atoms with Gasteiger partial charge >= 0.3 is 0 Å². The molecule has 1 aromatic carbocycles. The molecule has 0 spiro atoms. The third kappa shape index (κ3) is 1.66. The molecule has 0 atom stereocenters. The zero-order chi connectivity index (χ0) is 12.0. The van der Waals surface area contributed by atoms with Crippen molar-refractivity contribution in [3.63, 3.8) is 0 Å². The molecular weight excluding hydrogens is 252 g/mol. The predicted molar refractivity (Wildman–Crippen MR) is 73.0 cm³/mol. The minimum atomic E-state index is 0.809. The topological polar surface area (TPSA) is 17.3 Å². The van der Waals surface area contributed by atoms with Crippen LogP contribution in [-0.2, 0) is 0 Å². The van der Waals surface area contributed by atoms with Crippen LogP contribution in [0.5, 0.6) is 0 Å². The van der Waals surface area contributed by atoms with Crippen molar-refractivity contribution in [2.75, 3.05) is 0 Å². The Labute approximate surface area is 108 Å². The van der Waals surface area contributed by atoms with Crippen molar-refractivity contribution in [2.45, 2.75) is 13.8 Å². The molecule has 2 aromatic heterocycles. The number of aryl methyl sites for hydroxylation is 2. The van der Waals surface area contributed by atoms with Gasteiger partial charge in [0.2, 0.25) is 0 Å². The Kier molecular flexibility index (Phi) is 2.45. The molecule has 3 aromatic rings. The Bertz CT molecular complexity index is 697. The molecule has 0 aliphatic carbocycles. The van der Waals surface area contributed by atoms with Gasteiger partial charge < -0.3 is 0 Å². The Morgan fingerprint density at radius 2 is 2.12 bits per heavy atom. The molecule has 0 aliphatic rings. The van der Waals surface area contributed by atoms with Crippen LogP contribution in [0.4, 0.5) is 0 Å². The molecule has 0 saturated carbocycles. The maximum atomic E-state index is 6.06. The monoisotopic (exact) mass is 262 g/mol. The van der Waals surface area contributed by atoms with E-state index >= 15 is 0 Å². The summed E-state index contributed by atoms with van der Waals surface area (Å²) in [6, 6.07) is 6.13. The first-order chi connectivity index (χ1) is 8.16. The fraction of sp³-hybridized carbons (Fsp3) is 0.154. The zero-order valence-electron chi connectivity index (χ0n) is 9.57. The Morgan fingerprint density at radius 1 is 1.29 bits per heavy atom. The standard InChI is InChI=1S/C13H11ClN2S/c1-8-7-10(3-4-11(8)14)12-9(2)17-13-15-5-6-16(12)13/h3-7H,1-2H3. The first kappa shape index (κ1) is 10.8. The molecule has 0 N–H and O–H groups in total. The van der Waals surface area contributed by atoms with E-state index in [4.69, 9.17) is 11.6 Å². The summed E-state index contributed by atoms with van der Waals surface area (Å²) < 4.78 is 2.13. The molecule has 0 unspecified atom stereocenters. The van der Waals surface area contributed by atoms with Crippen LogP contribution < -0.4 is 0 Å². The number of nitrogens with zero attached hydrogens (tertiary/aromatic N) is 2. The van der Waals surface area contributed by atoms with Crippen LogP contribution in [0.3, 0.4) is 0 Å². The van der Waals surface area contributed by atoms with E-state index in [1.807, 2.05) is 25.4 Å². The second-order valence-electron chi connectivity index (χ2n) is 4.05. The summed E-state index contributed by atoms with van der Waals surface area (Å²) in [6.07, 6.45) is 3.83. The lowest BCUT2D eigenvalue weighted by Gasteiger charge is -2.04. The Balaban J connectivity index is 2.29. The normalized spacial score (nSPS) is 11.2. The molecule has 0 aliphatic heterocycles. The second kappa shape index (κ2) is 3.86. The smallest absolute Gasteiger partial charge is 0.194 e. The number of imidazole rings is 1. The van der Waals surface area contributed by atoms with E-state index in [2.05, 4.69) is 28.4 Å². The average Bonchev–Trinajstić information content (AvgIpc) is 2.82. The highest BCUT2D eigenvalue weighted by atomic mass is 35.5. The fourth-order valence-corrected chi connectivity index (χ4v) is 3.09. The summed E-state index contributed by atoms with van der Waals surface area (Å²) in [6.45, 7) is 4.15. The van der Waals surface area contributed by atoms with Crippen molar-refractivity contribution in [3.8, 4) is 11.3 Å². The van der Waals surface area contributed by atoms with Gasteiger partial charge in [-0.05, 0) is 31.5 Å². The van der Waals surface area contributed by atoms with Crippen molar-refractivity contribution in [2.24, 2.45) is 0 Å². The number of rotatable bonds is 1. The molecule has 0 radical (unpaired) electrons. The van der Waals surface area contributed by atoms with E-state index in [1.165, 1.54) is 16.1 Å². The molecule has 2 nitrogen and oxygen atoms in total. The van der Waals surface area contributed by atoms with E-state index in [0.717, 1.165) is 15.5 Å². The molecule has 0 amide bonds. The summed E-state index contributed by atoms with van der Waals surface area (Å²) in [4.78, 5) is 6.63. The maximum Gasteiger partial charge on any atom is 0.194 e. The largest absolute Gasteiger partial charge is 0.290 e. The minimum absolute atomic E-state index is 0.809. The highest BCUT2D eigenvalue weighted by molar-refractivity contribution is 7.17. The van der Waals surface area contributed by atoms with Crippen LogP contribution in [0.15, 0.2) is 30.6 Å². The minimum Gasteiger partial charge on any atom is -0.290 e. The Hall–Kier alpha value is -1.32. The van der Waals surface area contributed by atoms with Crippen molar-refractivity contribution in [3.05, 3.63) is 46.1 Å². The van der Waals surface area contributed by atoms with Crippen LogP contribution >= 0.6 is 22.9 Å². The molecule has 0 bridgehead atoms. The first-order valence-electron chi connectivity index (χ1n) is 5.36. The highest BCUT2D eigenvalue weighted by Crippen LogP contribution is 2.32. The molecule has 2 heterocycles. The average molecular weight is 263 g/mol. The number of benzene rings is 1. The maximum absolute atomic E-state index is 6.06. The van der Waals surface area contributed by atoms with Crippen LogP contribution in [0.2, 0.25) is 5.02 Å². The molecule has 0 fully saturated rings. The quantitative estimate of drug-likeness (QED) is 0.638. The number of halogens is 1. The third-order valence-electron chi connectivity index (χ3n) is 2.86. The molecule has 17 heavy (non-hydrogen) atoms. The van der Waals surface area contributed by atoms with E-state index < -0.39 is 0 Å².